The van der Waals surface area contributed by atoms with Gasteiger partial charge in [-0.2, -0.15) is 0 Å². The van der Waals surface area contributed by atoms with Crippen molar-refractivity contribution in [2.75, 3.05) is 7.05 Å². The molecule has 1 aromatic heterocycles. The molecule has 2 N–H and O–H groups in total. The van der Waals surface area contributed by atoms with Crippen molar-refractivity contribution in [3.05, 3.63) is 46.7 Å². The largest absolute Gasteiger partial charge is 0.314 e. The maximum absolute atomic E-state index is 11.8. The molecular weight excluding hydrogens is 294 g/mol. The minimum atomic E-state index is -0.479. The number of hydrogen-bond acceptors (Lipinski definition) is 5. The second kappa shape index (κ2) is 6.96. The average Bonchev–Trinajstić information content (AvgIpc) is 2.87. The highest BCUT2D eigenvalue weighted by molar-refractivity contribution is 6.30. The second-order valence-corrected chi connectivity index (χ2v) is 4.76. The molecule has 2 amide bonds. The number of imide groups is 1. The maximum Gasteiger partial charge on any atom is 0.257 e. The van der Waals surface area contributed by atoms with Crippen LogP contribution in [0.2, 0.25) is 5.02 Å². The van der Waals surface area contributed by atoms with Crippen molar-refractivity contribution in [2.45, 2.75) is 13.1 Å². The second-order valence-electron chi connectivity index (χ2n) is 4.32. The Balaban J connectivity index is 1.91. The third-order valence-electron chi connectivity index (χ3n) is 2.61. The van der Waals surface area contributed by atoms with E-state index < -0.39 is 11.8 Å². The van der Waals surface area contributed by atoms with E-state index in [1.165, 1.54) is 4.68 Å². The Morgan fingerprint density at radius 2 is 2.00 bits per heavy atom. The first-order valence-electron chi connectivity index (χ1n) is 6.22. The fraction of sp³-hybridized carbons (Fsp3) is 0.231. The van der Waals surface area contributed by atoms with Gasteiger partial charge in [0.05, 0.1) is 11.9 Å². The summed E-state index contributed by atoms with van der Waals surface area (Å²) in [6.07, 6.45) is 1.64. The minimum Gasteiger partial charge on any atom is -0.314 e. The highest BCUT2D eigenvalue weighted by atomic mass is 35.5. The van der Waals surface area contributed by atoms with Gasteiger partial charge in [0.1, 0.15) is 6.54 Å². The molecule has 8 heteroatoms. The van der Waals surface area contributed by atoms with Gasteiger partial charge in [0.25, 0.3) is 5.91 Å². The third-order valence-corrected chi connectivity index (χ3v) is 2.86. The molecular formula is C13H14ClN5O2. The van der Waals surface area contributed by atoms with E-state index in [9.17, 15) is 9.59 Å². The molecule has 110 valence electrons. The maximum atomic E-state index is 11.8. The van der Waals surface area contributed by atoms with E-state index in [0.717, 1.165) is 0 Å². The van der Waals surface area contributed by atoms with Gasteiger partial charge in [0.15, 0.2) is 0 Å². The summed E-state index contributed by atoms with van der Waals surface area (Å²) in [6.45, 7) is 0.487. The van der Waals surface area contributed by atoms with E-state index in [0.29, 0.717) is 22.8 Å². The highest BCUT2D eigenvalue weighted by Gasteiger charge is 2.11. The van der Waals surface area contributed by atoms with Crippen molar-refractivity contribution in [2.24, 2.45) is 0 Å². The summed E-state index contributed by atoms with van der Waals surface area (Å²) < 4.78 is 1.37. The van der Waals surface area contributed by atoms with E-state index in [1.807, 2.05) is 0 Å². The molecule has 0 atom stereocenters. The lowest BCUT2D eigenvalue weighted by atomic mass is 10.2. The molecule has 0 saturated heterocycles. The monoisotopic (exact) mass is 307 g/mol. The van der Waals surface area contributed by atoms with Crippen LogP contribution < -0.4 is 10.6 Å². The number of nitrogens with one attached hydrogen (secondary N) is 2. The number of hydrogen-bond donors (Lipinski definition) is 2. The summed E-state index contributed by atoms with van der Waals surface area (Å²) in [7, 11) is 1.79. The van der Waals surface area contributed by atoms with E-state index in [4.69, 9.17) is 11.6 Å². The zero-order valence-corrected chi connectivity index (χ0v) is 12.1. The van der Waals surface area contributed by atoms with Gasteiger partial charge in [-0.05, 0) is 31.3 Å². The van der Waals surface area contributed by atoms with Gasteiger partial charge in [0.2, 0.25) is 5.91 Å². The normalized spacial score (nSPS) is 10.4. The predicted octanol–water partition coefficient (Wildman–Crippen LogP) is 0.607. The first-order valence-corrected chi connectivity index (χ1v) is 6.59. The summed E-state index contributed by atoms with van der Waals surface area (Å²) in [5.41, 5.74) is 1.08. The minimum absolute atomic E-state index is 0.0734. The van der Waals surface area contributed by atoms with Gasteiger partial charge in [-0.25, -0.2) is 4.68 Å². The molecule has 21 heavy (non-hydrogen) atoms. The summed E-state index contributed by atoms with van der Waals surface area (Å²) in [5.74, 6) is -0.942. The van der Waals surface area contributed by atoms with Crippen molar-refractivity contribution in [3.8, 4) is 0 Å². The predicted molar refractivity (Wildman–Crippen MR) is 76.7 cm³/mol. The van der Waals surface area contributed by atoms with Crippen LogP contribution >= 0.6 is 11.6 Å². The van der Waals surface area contributed by atoms with Crippen LogP contribution in [0.25, 0.3) is 0 Å². The van der Waals surface area contributed by atoms with E-state index in [-0.39, 0.29) is 6.54 Å². The van der Waals surface area contributed by atoms with Gasteiger partial charge in [-0.15, -0.1) is 5.10 Å². The lowest BCUT2D eigenvalue weighted by molar-refractivity contribution is -0.120. The van der Waals surface area contributed by atoms with E-state index >= 15 is 0 Å². The van der Waals surface area contributed by atoms with Crippen LogP contribution in [-0.4, -0.2) is 33.9 Å². The van der Waals surface area contributed by atoms with E-state index in [1.54, 1.807) is 37.5 Å². The Morgan fingerprint density at radius 1 is 1.29 bits per heavy atom. The summed E-state index contributed by atoms with van der Waals surface area (Å²) in [4.78, 5) is 23.6. The molecule has 7 nitrogen and oxygen atoms in total. The van der Waals surface area contributed by atoms with Crippen molar-refractivity contribution < 1.29 is 9.59 Å². The number of rotatable bonds is 5. The fourth-order valence-electron chi connectivity index (χ4n) is 1.66. The number of benzene rings is 1. The Hall–Kier alpha value is -2.25. The number of nitrogens with zero attached hydrogens (tertiary/aromatic N) is 3. The zero-order valence-electron chi connectivity index (χ0n) is 11.3. The Bertz CT molecular complexity index is 638. The van der Waals surface area contributed by atoms with Crippen LogP contribution in [0.15, 0.2) is 30.5 Å². The third kappa shape index (κ3) is 4.37. The van der Waals surface area contributed by atoms with Crippen LogP contribution in [0.5, 0.6) is 0 Å². The van der Waals surface area contributed by atoms with Crippen molar-refractivity contribution in [1.82, 2.24) is 25.6 Å². The molecule has 0 aliphatic heterocycles. The molecule has 1 heterocycles. The van der Waals surface area contributed by atoms with Crippen LogP contribution in [0.4, 0.5) is 0 Å². The molecule has 0 fully saturated rings. The molecule has 0 saturated carbocycles. The topological polar surface area (TPSA) is 88.9 Å². The smallest absolute Gasteiger partial charge is 0.257 e. The van der Waals surface area contributed by atoms with Gasteiger partial charge in [0, 0.05) is 17.1 Å². The quantitative estimate of drug-likeness (QED) is 0.845. The van der Waals surface area contributed by atoms with Gasteiger partial charge < -0.3 is 5.32 Å². The molecule has 2 rings (SSSR count). The lowest BCUT2D eigenvalue weighted by Crippen LogP contribution is -2.33. The molecule has 2 aromatic rings. The number of aromatic nitrogens is 3. The zero-order chi connectivity index (χ0) is 15.2. The van der Waals surface area contributed by atoms with Gasteiger partial charge in [-0.1, -0.05) is 16.8 Å². The first kappa shape index (κ1) is 15.1. The molecule has 0 unspecified atom stereocenters. The SMILES string of the molecule is CNCc1cn(CC(=O)NC(=O)c2ccc(Cl)cc2)nn1. The Kier molecular flexibility index (Phi) is 5.02. The first-order chi connectivity index (χ1) is 10.1. The lowest BCUT2D eigenvalue weighted by Gasteiger charge is -2.04. The molecule has 1 aromatic carbocycles. The molecule has 0 radical (unpaired) electrons. The number of carbonyl (C=O) groups is 2. The summed E-state index contributed by atoms with van der Waals surface area (Å²) in [6, 6.07) is 6.27. The van der Waals surface area contributed by atoms with Crippen LogP contribution in [0.1, 0.15) is 16.1 Å². The van der Waals surface area contributed by atoms with Gasteiger partial charge in [-0.3, -0.25) is 14.9 Å². The number of halogens is 1. The number of amides is 2. The molecule has 0 aliphatic rings. The van der Waals surface area contributed by atoms with Crippen LogP contribution in [-0.2, 0) is 17.9 Å². The Morgan fingerprint density at radius 3 is 2.67 bits per heavy atom. The van der Waals surface area contributed by atoms with E-state index in [2.05, 4.69) is 20.9 Å². The Labute approximate surface area is 126 Å². The molecule has 0 spiro atoms. The number of carbonyl (C=O) groups excluding carboxylic acids is 2. The fourth-order valence-corrected chi connectivity index (χ4v) is 1.79. The molecule has 0 bridgehead atoms. The van der Waals surface area contributed by atoms with Crippen molar-refractivity contribution in [1.29, 1.82) is 0 Å². The van der Waals surface area contributed by atoms with Crippen molar-refractivity contribution in [3.63, 3.8) is 0 Å². The van der Waals surface area contributed by atoms with Gasteiger partial charge >= 0.3 is 0 Å². The highest BCUT2D eigenvalue weighted by Crippen LogP contribution is 2.09. The van der Waals surface area contributed by atoms with Crippen molar-refractivity contribution >= 4 is 23.4 Å². The van der Waals surface area contributed by atoms with Crippen LogP contribution in [0.3, 0.4) is 0 Å². The molecule has 0 aliphatic carbocycles. The summed E-state index contributed by atoms with van der Waals surface area (Å²) in [5, 5.41) is 13.4. The van der Waals surface area contributed by atoms with Crippen LogP contribution in [0, 0.1) is 0 Å². The standard InChI is InChI=1S/C13H14ClN5O2/c1-15-6-11-7-19(18-17-11)8-12(20)16-13(21)9-2-4-10(14)5-3-9/h2-5,7,15H,6,8H2,1H3,(H,16,20,21). The summed E-state index contributed by atoms with van der Waals surface area (Å²) >= 11 is 5.74. The average molecular weight is 308 g/mol.